The number of halogens is 2. The van der Waals surface area contributed by atoms with Gasteiger partial charge < -0.3 is 5.73 Å². The Morgan fingerprint density at radius 3 is 2.59 bits per heavy atom. The minimum atomic E-state index is -0.606. The molecule has 0 aliphatic rings. The standard InChI is InChI=1S/C12H11F2N3/c13-4-10-2-1-8(6-16-10)12-3-9(5-15)11(14)7-17-12/h1-3,6-7H,4-5,15H2. The fraction of sp³-hybridized carbons (Fsp3) is 0.167. The third-order valence-corrected chi connectivity index (χ3v) is 2.41. The zero-order chi connectivity index (χ0) is 12.3. The zero-order valence-corrected chi connectivity index (χ0v) is 9.03. The van der Waals surface area contributed by atoms with Crippen LogP contribution < -0.4 is 5.73 Å². The first-order valence-electron chi connectivity index (χ1n) is 5.10. The van der Waals surface area contributed by atoms with E-state index in [0.717, 1.165) is 6.20 Å². The lowest BCUT2D eigenvalue weighted by Gasteiger charge is -2.04. The summed E-state index contributed by atoms with van der Waals surface area (Å²) in [6, 6.07) is 4.84. The lowest BCUT2D eigenvalue weighted by Crippen LogP contribution is -2.01. The van der Waals surface area contributed by atoms with Gasteiger partial charge in [-0.2, -0.15) is 0 Å². The summed E-state index contributed by atoms with van der Waals surface area (Å²) in [6.07, 6.45) is 2.63. The van der Waals surface area contributed by atoms with Crippen LogP contribution in [-0.2, 0) is 13.2 Å². The number of alkyl halides is 1. The Balaban J connectivity index is 2.38. The van der Waals surface area contributed by atoms with Crippen LogP contribution >= 0.6 is 0 Å². The quantitative estimate of drug-likeness (QED) is 0.887. The van der Waals surface area contributed by atoms with E-state index in [1.807, 2.05) is 0 Å². The highest BCUT2D eigenvalue weighted by atomic mass is 19.1. The van der Waals surface area contributed by atoms with Crippen LogP contribution in [-0.4, -0.2) is 9.97 Å². The van der Waals surface area contributed by atoms with Gasteiger partial charge in [0.05, 0.1) is 17.6 Å². The Bertz CT molecular complexity index is 512. The molecule has 2 aromatic rings. The molecule has 0 fully saturated rings. The summed E-state index contributed by atoms with van der Waals surface area (Å²) in [7, 11) is 0. The van der Waals surface area contributed by atoms with Crippen LogP contribution in [0.2, 0.25) is 0 Å². The maximum absolute atomic E-state index is 13.2. The number of hydrogen-bond acceptors (Lipinski definition) is 3. The molecule has 0 amide bonds. The van der Waals surface area contributed by atoms with Crippen LogP contribution in [0.3, 0.4) is 0 Å². The summed E-state index contributed by atoms with van der Waals surface area (Å²) < 4.78 is 25.5. The van der Waals surface area contributed by atoms with Gasteiger partial charge in [0.25, 0.3) is 0 Å². The number of nitrogens with two attached hydrogens (primary N) is 1. The molecule has 0 radical (unpaired) electrons. The third-order valence-electron chi connectivity index (χ3n) is 2.41. The van der Waals surface area contributed by atoms with Gasteiger partial charge in [-0.25, -0.2) is 8.78 Å². The predicted molar refractivity (Wildman–Crippen MR) is 60.1 cm³/mol. The summed E-state index contributed by atoms with van der Waals surface area (Å²) in [6.45, 7) is -0.497. The largest absolute Gasteiger partial charge is 0.326 e. The third kappa shape index (κ3) is 2.45. The number of nitrogens with zero attached hydrogens (tertiary/aromatic N) is 2. The van der Waals surface area contributed by atoms with Gasteiger partial charge in [0.2, 0.25) is 0 Å². The Morgan fingerprint density at radius 2 is 2.00 bits per heavy atom. The number of pyridine rings is 2. The molecule has 2 aromatic heterocycles. The van der Waals surface area contributed by atoms with Gasteiger partial charge in [-0.3, -0.25) is 9.97 Å². The van der Waals surface area contributed by atoms with Gasteiger partial charge in [0.1, 0.15) is 12.5 Å². The Morgan fingerprint density at radius 1 is 1.18 bits per heavy atom. The van der Waals surface area contributed by atoms with Crippen LogP contribution in [0, 0.1) is 5.82 Å². The van der Waals surface area contributed by atoms with Crippen molar-refractivity contribution in [2.75, 3.05) is 0 Å². The Hall–Kier alpha value is -1.88. The SMILES string of the molecule is NCc1cc(-c2ccc(CF)nc2)ncc1F. The van der Waals surface area contributed by atoms with Crippen molar-refractivity contribution in [2.45, 2.75) is 13.2 Å². The van der Waals surface area contributed by atoms with Gasteiger partial charge in [-0.15, -0.1) is 0 Å². The molecule has 0 aromatic carbocycles. The summed E-state index contributed by atoms with van der Waals surface area (Å²) in [4.78, 5) is 7.86. The summed E-state index contributed by atoms with van der Waals surface area (Å²) in [5.41, 5.74) is 7.44. The van der Waals surface area contributed by atoms with Crippen LogP contribution in [0.15, 0.2) is 30.6 Å². The lowest BCUT2D eigenvalue weighted by molar-refractivity contribution is 0.476. The average molecular weight is 235 g/mol. The average Bonchev–Trinajstić information content (AvgIpc) is 2.39. The molecule has 0 aliphatic carbocycles. The predicted octanol–water partition coefficient (Wildman–Crippen LogP) is 2.21. The first kappa shape index (κ1) is 11.6. The highest BCUT2D eigenvalue weighted by molar-refractivity contribution is 5.58. The molecule has 0 atom stereocenters. The summed E-state index contributed by atoms with van der Waals surface area (Å²) in [5, 5.41) is 0. The first-order chi connectivity index (χ1) is 8.24. The van der Waals surface area contributed by atoms with E-state index in [9.17, 15) is 8.78 Å². The molecule has 2 N–H and O–H groups in total. The van der Waals surface area contributed by atoms with Crippen molar-refractivity contribution < 1.29 is 8.78 Å². The van der Waals surface area contributed by atoms with Crippen LogP contribution in [0.5, 0.6) is 0 Å². The summed E-state index contributed by atoms with van der Waals surface area (Å²) in [5.74, 6) is -0.426. The highest BCUT2D eigenvalue weighted by Gasteiger charge is 2.05. The monoisotopic (exact) mass is 235 g/mol. The van der Waals surface area contributed by atoms with E-state index in [2.05, 4.69) is 9.97 Å². The van der Waals surface area contributed by atoms with Crippen LogP contribution in [0.1, 0.15) is 11.3 Å². The van der Waals surface area contributed by atoms with E-state index < -0.39 is 12.5 Å². The molecule has 5 heteroatoms. The molecule has 0 aliphatic heterocycles. The highest BCUT2D eigenvalue weighted by Crippen LogP contribution is 2.18. The topological polar surface area (TPSA) is 51.8 Å². The van der Waals surface area contributed by atoms with Crippen LogP contribution in [0.25, 0.3) is 11.3 Å². The minimum Gasteiger partial charge on any atom is -0.326 e. The van der Waals surface area contributed by atoms with E-state index in [1.54, 1.807) is 18.2 Å². The Kier molecular flexibility index (Phi) is 3.39. The molecule has 0 bridgehead atoms. The molecule has 0 saturated carbocycles. The molecule has 0 unspecified atom stereocenters. The van der Waals surface area contributed by atoms with E-state index in [-0.39, 0.29) is 6.54 Å². The van der Waals surface area contributed by atoms with Gasteiger partial charge >= 0.3 is 0 Å². The van der Waals surface area contributed by atoms with E-state index in [4.69, 9.17) is 5.73 Å². The van der Waals surface area contributed by atoms with E-state index in [0.29, 0.717) is 22.5 Å². The normalized spacial score (nSPS) is 10.5. The second-order valence-corrected chi connectivity index (χ2v) is 3.54. The minimum absolute atomic E-state index is 0.108. The van der Waals surface area contributed by atoms with Gasteiger partial charge in [0.15, 0.2) is 0 Å². The molecule has 3 nitrogen and oxygen atoms in total. The fourth-order valence-corrected chi connectivity index (χ4v) is 1.45. The molecule has 0 spiro atoms. The molecule has 2 rings (SSSR count). The molecule has 2 heterocycles. The number of aromatic nitrogens is 2. The van der Waals surface area contributed by atoms with Crippen molar-refractivity contribution in [2.24, 2.45) is 5.73 Å². The number of rotatable bonds is 3. The maximum Gasteiger partial charge on any atom is 0.146 e. The van der Waals surface area contributed by atoms with Gasteiger partial charge in [-0.1, -0.05) is 0 Å². The molecule has 17 heavy (non-hydrogen) atoms. The van der Waals surface area contributed by atoms with Crippen molar-refractivity contribution in [1.29, 1.82) is 0 Å². The van der Waals surface area contributed by atoms with Gasteiger partial charge in [0, 0.05) is 23.9 Å². The fourth-order valence-electron chi connectivity index (χ4n) is 1.45. The second kappa shape index (κ2) is 4.97. The van der Waals surface area contributed by atoms with Gasteiger partial charge in [-0.05, 0) is 18.2 Å². The second-order valence-electron chi connectivity index (χ2n) is 3.54. The van der Waals surface area contributed by atoms with Crippen molar-refractivity contribution in [3.8, 4) is 11.3 Å². The molecular formula is C12H11F2N3. The van der Waals surface area contributed by atoms with Crippen LogP contribution in [0.4, 0.5) is 8.78 Å². The van der Waals surface area contributed by atoms with E-state index >= 15 is 0 Å². The number of hydrogen-bond donors (Lipinski definition) is 1. The molecular weight excluding hydrogens is 224 g/mol. The zero-order valence-electron chi connectivity index (χ0n) is 9.03. The van der Waals surface area contributed by atoms with Crippen molar-refractivity contribution in [1.82, 2.24) is 9.97 Å². The van der Waals surface area contributed by atoms with Crippen molar-refractivity contribution in [3.05, 3.63) is 47.7 Å². The lowest BCUT2D eigenvalue weighted by atomic mass is 10.1. The van der Waals surface area contributed by atoms with Crippen molar-refractivity contribution in [3.63, 3.8) is 0 Å². The smallest absolute Gasteiger partial charge is 0.146 e. The Labute approximate surface area is 97.3 Å². The first-order valence-corrected chi connectivity index (χ1v) is 5.10. The molecule has 0 saturated heterocycles. The summed E-state index contributed by atoms with van der Waals surface area (Å²) >= 11 is 0. The van der Waals surface area contributed by atoms with Crippen molar-refractivity contribution >= 4 is 0 Å². The van der Waals surface area contributed by atoms with E-state index in [1.165, 1.54) is 6.20 Å². The maximum atomic E-state index is 13.2. The molecule has 88 valence electrons.